The molecule has 1 saturated heterocycles. The molecule has 1 rings (SSSR count). The van der Waals surface area contributed by atoms with Gasteiger partial charge in [0.25, 0.3) is 0 Å². The Kier molecular flexibility index (Phi) is 7.87. The summed E-state index contributed by atoms with van der Waals surface area (Å²) in [7, 11) is 0. The second-order valence-electron chi connectivity index (χ2n) is 5.82. The lowest BCUT2D eigenvalue weighted by molar-refractivity contribution is 0.139. The van der Waals surface area contributed by atoms with Gasteiger partial charge in [-0.2, -0.15) is 0 Å². The summed E-state index contributed by atoms with van der Waals surface area (Å²) >= 11 is 0. The summed E-state index contributed by atoms with van der Waals surface area (Å²) in [4.78, 5) is 5.09. The lowest BCUT2D eigenvalue weighted by Gasteiger charge is -2.35. The average molecular weight is 255 g/mol. The van der Waals surface area contributed by atoms with Gasteiger partial charge in [-0.05, 0) is 37.9 Å². The second kappa shape index (κ2) is 8.89. The molecule has 0 aromatic carbocycles. The van der Waals surface area contributed by atoms with Crippen molar-refractivity contribution in [1.82, 2.24) is 15.1 Å². The maximum absolute atomic E-state index is 3.57. The maximum atomic E-state index is 3.57. The molecule has 0 aromatic heterocycles. The van der Waals surface area contributed by atoms with E-state index >= 15 is 0 Å². The number of likely N-dealkylation sites (N-methyl/N-ethyl adjacent to an activating group) is 1. The predicted molar refractivity (Wildman–Crippen MR) is 80.0 cm³/mol. The van der Waals surface area contributed by atoms with Crippen molar-refractivity contribution in [2.24, 2.45) is 11.8 Å². The van der Waals surface area contributed by atoms with Crippen molar-refractivity contribution < 1.29 is 0 Å². The average Bonchev–Trinajstić information content (AvgIpc) is 2.38. The Morgan fingerprint density at radius 1 is 1.11 bits per heavy atom. The minimum absolute atomic E-state index is 0.870. The van der Waals surface area contributed by atoms with Gasteiger partial charge in [-0.25, -0.2) is 0 Å². The van der Waals surface area contributed by atoms with E-state index in [-0.39, 0.29) is 0 Å². The molecule has 1 aliphatic rings. The first kappa shape index (κ1) is 15.9. The van der Waals surface area contributed by atoms with Crippen LogP contribution < -0.4 is 5.32 Å². The van der Waals surface area contributed by atoms with Crippen molar-refractivity contribution in [3.63, 3.8) is 0 Å². The molecular formula is C15H33N3. The van der Waals surface area contributed by atoms with E-state index in [1.54, 1.807) is 0 Å². The molecule has 1 N–H and O–H groups in total. The van der Waals surface area contributed by atoms with Crippen LogP contribution in [0.3, 0.4) is 0 Å². The van der Waals surface area contributed by atoms with Crippen LogP contribution in [0.25, 0.3) is 0 Å². The molecule has 1 aliphatic heterocycles. The summed E-state index contributed by atoms with van der Waals surface area (Å²) in [6, 6.07) is 0. The highest BCUT2D eigenvalue weighted by molar-refractivity contribution is 4.75. The fraction of sp³-hybridized carbons (Fsp3) is 1.00. The van der Waals surface area contributed by atoms with Gasteiger partial charge < -0.3 is 15.1 Å². The molecule has 2 atom stereocenters. The van der Waals surface area contributed by atoms with Crippen LogP contribution in [0.1, 0.15) is 34.1 Å². The van der Waals surface area contributed by atoms with Crippen LogP contribution in [0.2, 0.25) is 0 Å². The molecule has 0 bridgehead atoms. The summed E-state index contributed by atoms with van der Waals surface area (Å²) in [5.74, 6) is 1.78. The SMILES string of the molecule is CCN(CC)CCNCCN1CCC(C)C(C)C1. The summed E-state index contributed by atoms with van der Waals surface area (Å²) in [6.07, 6.45) is 1.38. The molecule has 108 valence electrons. The van der Waals surface area contributed by atoms with Crippen molar-refractivity contribution >= 4 is 0 Å². The summed E-state index contributed by atoms with van der Waals surface area (Å²) in [5, 5.41) is 3.57. The van der Waals surface area contributed by atoms with Crippen LogP contribution in [0.5, 0.6) is 0 Å². The zero-order valence-electron chi connectivity index (χ0n) is 12.9. The maximum Gasteiger partial charge on any atom is 0.0107 e. The minimum atomic E-state index is 0.870. The van der Waals surface area contributed by atoms with E-state index in [1.165, 1.54) is 45.7 Å². The third-order valence-corrected chi connectivity index (χ3v) is 4.52. The van der Waals surface area contributed by atoms with Gasteiger partial charge in [0, 0.05) is 32.7 Å². The van der Waals surface area contributed by atoms with Gasteiger partial charge in [0.2, 0.25) is 0 Å². The molecular weight excluding hydrogens is 222 g/mol. The first-order chi connectivity index (χ1) is 8.67. The Labute approximate surface area is 114 Å². The molecule has 1 heterocycles. The number of likely N-dealkylation sites (tertiary alicyclic amines) is 1. The van der Waals surface area contributed by atoms with Crippen LogP contribution in [0.4, 0.5) is 0 Å². The fourth-order valence-electron chi connectivity index (χ4n) is 2.69. The highest BCUT2D eigenvalue weighted by Crippen LogP contribution is 2.21. The first-order valence-electron chi connectivity index (χ1n) is 7.82. The van der Waals surface area contributed by atoms with E-state index < -0.39 is 0 Å². The van der Waals surface area contributed by atoms with Crippen molar-refractivity contribution in [3.05, 3.63) is 0 Å². The lowest BCUT2D eigenvalue weighted by Crippen LogP contribution is -2.42. The number of nitrogens with one attached hydrogen (secondary N) is 1. The summed E-state index contributed by atoms with van der Waals surface area (Å²) in [6.45, 7) is 18.8. The molecule has 0 saturated carbocycles. The zero-order chi connectivity index (χ0) is 13.4. The lowest BCUT2D eigenvalue weighted by atomic mass is 9.89. The van der Waals surface area contributed by atoms with Crippen LogP contribution in [0, 0.1) is 11.8 Å². The van der Waals surface area contributed by atoms with E-state index in [0.717, 1.165) is 24.9 Å². The van der Waals surface area contributed by atoms with Gasteiger partial charge in [0.1, 0.15) is 0 Å². The van der Waals surface area contributed by atoms with Gasteiger partial charge in [0.05, 0.1) is 0 Å². The monoisotopic (exact) mass is 255 g/mol. The van der Waals surface area contributed by atoms with E-state index in [2.05, 4.69) is 42.8 Å². The van der Waals surface area contributed by atoms with Crippen molar-refractivity contribution in [2.75, 3.05) is 52.4 Å². The molecule has 18 heavy (non-hydrogen) atoms. The van der Waals surface area contributed by atoms with Gasteiger partial charge in [-0.3, -0.25) is 0 Å². The second-order valence-corrected chi connectivity index (χ2v) is 5.82. The van der Waals surface area contributed by atoms with E-state index in [0.29, 0.717) is 0 Å². The van der Waals surface area contributed by atoms with E-state index in [1.807, 2.05) is 0 Å². The van der Waals surface area contributed by atoms with Gasteiger partial charge in [-0.1, -0.05) is 27.7 Å². The number of hydrogen-bond donors (Lipinski definition) is 1. The normalized spacial score (nSPS) is 25.8. The molecule has 0 amide bonds. The van der Waals surface area contributed by atoms with Crippen LogP contribution in [-0.4, -0.2) is 62.2 Å². The summed E-state index contributed by atoms with van der Waals surface area (Å²) in [5.41, 5.74) is 0. The molecule has 0 spiro atoms. The largest absolute Gasteiger partial charge is 0.314 e. The zero-order valence-corrected chi connectivity index (χ0v) is 12.9. The molecule has 0 radical (unpaired) electrons. The number of piperidine rings is 1. The predicted octanol–water partition coefficient (Wildman–Crippen LogP) is 1.90. The first-order valence-corrected chi connectivity index (χ1v) is 7.82. The molecule has 0 aliphatic carbocycles. The van der Waals surface area contributed by atoms with Crippen LogP contribution in [0.15, 0.2) is 0 Å². The third-order valence-electron chi connectivity index (χ3n) is 4.52. The van der Waals surface area contributed by atoms with Gasteiger partial charge in [0.15, 0.2) is 0 Å². The molecule has 0 aromatic rings. The quantitative estimate of drug-likeness (QED) is 0.668. The Morgan fingerprint density at radius 2 is 1.83 bits per heavy atom. The number of hydrogen-bond acceptors (Lipinski definition) is 3. The Hall–Kier alpha value is -0.120. The van der Waals surface area contributed by atoms with Crippen molar-refractivity contribution in [1.29, 1.82) is 0 Å². The standard InChI is InChI=1S/C15H33N3/c1-5-17(6-2)11-8-16-9-12-18-10-7-14(3)15(4)13-18/h14-16H,5-13H2,1-4H3. The Morgan fingerprint density at radius 3 is 2.44 bits per heavy atom. The number of nitrogens with zero attached hydrogens (tertiary/aromatic N) is 2. The topological polar surface area (TPSA) is 18.5 Å². The highest BCUT2D eigenvalue weighted by Gasteiger charge is 2.21. The van der Waals surface area contributed by atoms with E-state index in [4.69, 9.17) is 0 Å². The Balaban J connectivity index is 2.01. The molecule has 3 nitrogen and oxygen atoms in total. The fourth-order valence-corrected chi connectivity index (χ4v) is 2.69. The Bertz CT molecular complexity index is 204. The number of rotatable bonds is 8. The van der Waals surface area contributed by atoms with Gasteiger partial charge in [-0.15, -0.1) is 0 Å². The molecule has 3 heteroatoms. The van der Waals surface area contributed by atoms with Crippen molar-refractivity contribution in [2.45, 2.75) is 34.1 Å². The minimum Gasteiger partial charge on any atom is -0.314 e. The highest BCUT2D eigenvalue weighted by atomic mass is 15.2. The summed E-state index contributed by atoms with van der Waals surface area (Å²) < 4.78 is 0. The van der Waals surface area contributed by atoms with Gasteiger partial charge >= 0.3 is 0 Å². The third kappa shape index (κ3) is 5.68. The molecule has 1 fully saturated rings. The smallest absolute Gasteiger partial charge is 0.0107 e. The van der Waals surface area contributed by atoms with Crippen LogP contribution in [-0.2, 0) is 0 Å². The van der Waals surface area contributed by atoms with Crippen LogP contribution >= 0.6 is 0 Å². The van der Waals surface area contributed by atoms with Crippen molar-refractivity contribution in [3.8, 4) is 0 Å². The molecule has 2 unspecified atom stereocenters. The van der Waals surface area contributed by atoms with E-state index in [9.17, 15) is 0 Å².